The number of hydrogen-bond donors (Lipinski definition) is 2. The summed E-state index contributed by atoms with van der Waals surface area (Å²) in [4.78, 5) is 46.5. The van der Waals surface area contributed by atoms with Crippen LogP contribution in [0.4, 0.5) is 10.5 Å². The van der Waals surface area contributed by atoms with E-state index in [1.54, 1.807) is 30.5 Å². The largest absolute Gasteiger partial charge is 0.458 e. The summed E-state index contributed by atoms with van der Waals surface area (Å²) in [5.41, 5.74) is 5.72. The van der Waals surface area contributed by atoms with Crippen LogP contribution in [0.25, 0.3) is 11.3 Å². The van der Waals surface area contributed by atoms with Gasteiger partial charge in [-0.3, -0.25) is 14.3 Å². The van der Waals surface area contributed by atoms with Crippen LogP contribution in [0.15, 0.2) is 30.5 Å². The van der Waals surface area contributed by atoms with Gasteiger partial charge in [-0.1, -0.05) is 52.0 Å². The van der Waals surface area contributed by atoms with Gasteiger partial charge in [0.2, 0.25) is 0 Å². The van der Waals surface area contributed by atoms with E-state index in [0.717, 1.165) is 12.0 Å². The molecule has 3 fully saturated rings. The van der Waals surface area contributed by atoms with Crippen molar-refractivity contribution in [3.8, 4) is 11.3 Å². The molecule has 0 spiro atoms. The summed E-state index contributed by atoms with van der Waals surface area (Å²) in [6.45, 7) is 17.7. The van der Waals surface area contributed by atoms with Crippen molar-refractivity contribution in [1.29, 1.82) is 0 Å². The van der Waals surface area contributed by atoms with Crippen LogP contribution in [0.1, 0.15) is 94.4 Å². The Kier molecular flexibility index (Phi) is 14.9. The number of rotatable bonds is 11. The molecule has 15 heteroatoms. The molecule has 3 N–H and O–H groups in total. The van der Waals surface area contributed by atoms with Crippen LogP contribution in [0.5, 0.6) is 0 Å². The molecular weight excluding hydrogens is 757 g/mol. The van der Waals surface area contributed by atoms with Gasteiger partial charge in [-0.25, -0.2) is 4.79 Å². The number of carbonyl (C=O) groups is 3. The van der Waals surface area contributed by atoms with Crippen molar-refractivity contribution in [3.63, 3.8) is 0 Å². The van der Waals surface area contributed by atoms with E-state index < -0.39 is 77.6 Å². The number of ketones is 1. The van der Waals surface area contributed by atoms with Crippen LogP contribution in [-0.2, 0) is 39.8 Å². The monoisotopic (exact) mass is 827 g/mol. The van der Waals surface area contributed by atoms with Gasteiger partial charge < -0.3 is 44.3 Å². The van der Waals surface area contributed by atoms with Gasteiger partial charge in [-0.15, -0.1) is 5.10 Å². The molecule has 0 saturated carbocycles. The van der Waals surface area contributed by atoms with Crippen molar-refractivity contribution in [1.82, 2.24) is 24.8 Å². The third-order valence-corrected chi connectivity index (χ3v) is 13.5. The van der Waals surface area contributed by atoms with E-state index >= 15 is 0 Å². The van der Waals surface area contributed by atoms with Gasteiger partial charge in [0.1, 0.15) is 17.6 Å². The van der Waals surface area contributed by atoms with Crippen molar-refractivity contribution in [2.24, 2.45) is 29.6 Å². The van der Waals surface area contributed by atoms with Gasteiger partial charge >= 0.3 is 12.1 Å². The summed E-state index contributed by atoms with van der Waals surface area (Å²) in [5.74, 6) is -3.66. The Labute approximate surface area is 350 Å². The van der Waals surface area contributed by atoms with E-state index in [1.807, 2.05) is 86.1 Å². The number of unbranched alkanes of at least 4 members (excludes halogenated alkanes) is 1. The van der Waals surface area contributed by atoms with Gasteiger partial charge in [0.25, 0.3) is 0 Å². The molecule has 1 aromatic heterocycles. The average Bonchev–Trinajstić information content (AvgIpc) is 3.77. The van der Waals surface area contributed by atoms with Crippen LogP contribution in [0.2, 0.25) is 0 Å². The number of carbonyl (C=O) groups excluding carboxylic acids is 3. The van der Waals surface area contributed by atoms with Gasteiger partial charge in [-0.2, -0.15) is 0 Å². The van der Waals surface area contributed by atoms with E-state index in [1.165, 1.54) is 0 Å². The molecule has 0 radical (unpaired) electrons. The zero-order valence-electron chi connectivity index (χ0n) is 37.3. The number of anilines is 1. The van der Waals surface area contributed by atoms with Crippen LogP contribution in [0.3, 0.4) is 0 Å². The summed E-state index contributed by atoms with van der Waals surface area (Å²) in [6.07, 6.45) is 0.297. The average molecular weight is 827 g/mol. The van der Waals surface area contributed by atoms with Crippen molar-refractivity contribution < 1.29 is 43.2 Å². The predicted molar refractivity (Wildman–Crippen MR) is 223 cm³/mol. The minimum atomic E-state index is -1.36. The van der Waals surface area contributed by atoms with Crippen LogP contribution >= 0.6 is 0 Å². The number of nitrogens with zero attached hydrogens (tertiary/aromatic N) is 5. The van der Waals surface area contributed by atoms with Gasteiger partial charge in [-0.05, 0) is 86.0 Å². The Hall–Kier alpha value is -3.63. The maximum absolute atomic E-state index is 14.8. The Morgan fingerprint density at radius 2 is 1.71 bits per heavy atom. The number of esters is 1. The number of aromatic nitrogens is 3. The second-order valence-corrected chi connectivity index (χ2v) is 18.2. The second kappa shape index (κ2) is 19.0. The third-order valence-electron chi connectivity index (χ3n) is 13.5. The van der Waals surface area contributed by atoms with E-state index in [-0.39, 0.29) is 30.3 Å². The van der Waals surface area contributed by atoms with Crippen LogP contribution in [-0.4, -0.2) is 129 Å². The number of Topliss-reactive ketones (excluding diaryl/α,β-unsaturated/α-hetero) is 1. The topological polar surface area (TPSA) is 181 Å². The molecule has 330 valence electrons. The zero-order chi connectivity index (χ0) is 43.6. The summed E-state index contributed by atoms with van der Waals surface area (Å²) in [6, 6.07) is 6.89. The Bertz CT molecular complexity index is 1760. The minimum Gasteiger partial charge on any atom is -0.458 e. The highest BCUT2D eigenvalue weighted by atomic mass is 16.7. The molecular formula is C44H70N6O9. The summed E-state index contributed by atoms with van der Waals surface area (Å²) in [7, 11) is 5.67. The summed E-state index contributed by atoms with van der Waals surface area (Å²) >= 11 is 0. The first kappa shape index (κ1) is 46.4. The molecule has 3 aliphatic rings. The SMILES string of the molecule is CC[C@H]1OC(=O)[C@H](C)[C@@H](O)[C@H](C)[C@@H](O[C@@H]2O[C@H](C)C[C@H](N(C)C)[C@H]2C)[C@@](C)(OC)C[C@@H](C)C(=O)[C@H](C)[C@@H]2N(CCCCn3cc(-c4cccc(N)c4)nn3)C(=O)O[C@@]21C. The molecule has 1 aromatic carbocycles. The number of aliphatic hydroxyl groups excluding tert-OH is 1. The number of aliphatic hydroxyl groups is 1. The maximum atomic E-state index is 14.8. The highest BCUT2D eigenvalue weighted by Gasteiger charge is 2.60. The number of hydrogen-bond acceptors (Lipinski definition) is 13. The fraction of sp³-hybridized carbons (Fsp3) is 0.750. The molecule has 5 rings (SSSR count). The molecule has 14 atom stereocenters. The van der Waals surface area contributed by atoms with E-state index in [0.29, 0.717) is 43.7 Å². The number of ether oxygens (including phenoxy) is 5. The smallest absolute Gasteiger partial charge is 0.410 e. The first-order valence-electron chi connectivity index (χ1n) is 21.5. The maximum Gasteiger partial charge on any atom is 0.410 e. The number of cyclic esters (lactones) is 1. The summed E-state index contributed by atoms with van der Waals surface area (Å²) < 4.78 is 33.8. The molecule has 59 heavy (non-hydrogen) atoms. The van der Waals surface area contributed by atoms with E-state index in [4.69, 9.17) is 29.4 Å². The lowest BCUT2D eigenvalue weighted by Gasteiger charge is -2.48. The molecule has 15 nitrogen and oxygen atoms in total. The Morgan fingerprint density at radius 3 is 2.36 bits per heavy atom. The second-order valence-electron chi connectivity index (χ2n) is 18.2. The van der Waals surface area contributed by atoms with Crippen LogP contribution < -0.4 is 5.73 Å². The predicted octanol–water partition coefficient (Wildman–Crippen LogP) is 5.58. The number of amides is 1. The lowest BCUT2D eigenvalue weighted by Crippen LogP contribution is -2.59. The molecule has 3 saturated heterocycles. The normalized spacial score (nSPS) is 37.5. The quantitative estimate of drug-likeness (QED) is 0.163. The Balaban J connectivity index is 1.43. The first-order chi connectivity index (χ1) is 27.8. The van der Waals surface area contributed by atoms with Crippen molar-refractivity contribution >= 4 is 23.5 Å². The lowest BCUT2D eigenvalue weighted by atomic mass is 9.73. The fourth-order valence-electron chi connectivity index (χ4n) is 9.98. The molecule has 3 aliphatic heterocycles. The van der Waals surface area contributed by atoms with Crippen molar-refractivity contribution in [2.75, 3.05) is 33.5 Å². The van der Waals surface area contributed by atoms with Crippen molar-refractivity contribution in [2.45, 2.75) is 155 Å². The molecule has 0 aliphatic carbocycles. The summed E-state index contributed by atoms with van der Waals surface area (Å²) in [5, 5.41) is 20.6. The first-order valence-corrected chi connectivity index (χ1v) is 21.5. The van der Waals surface area contributed by atoms with Crippen molar-refractivity contribution in [3.05, 3.63) is 30.5 Å². The van der Waals surface area contributed by atoms with E-state index in [2.05, 4.69) is 22.1 Å². The Morgan fingerprint density at radius 1 is 1.02 bits per heavy atom. The number of fused-ring (bicyclic) bond motifs is 1. The molecule has 4 heterocycles. The number of nitrogens with two attached hydrogens (primary N) is 1. The highest BCUT2D eigenvalue weighted by molar-refractivity contribution is 5.85. The van der Waals surface area contributed by atoms with Crippen LogP contribution in [0, 0.1) is 29.6 Å². The third kappa shape index (κ3) is 9.80. The minimum absolute atomic E-state index is 0.0297. The highest BCUT2D eigenvalue weighted by Crippen LogP contribution is 2.44. The molecule has 0 unspecified atom stereocenters. The zero-order valence-corrected chi connectivity index (χ0v) is 37.3. The van der Waals surface area contributed by atoms with Gasteiger partial charge in [0, 0.05) is 61.2 Å². The lowest BCUT2D eigenvalue weighted by molar-refractivity contribution is -0.287. The van der Waals surface area contributed by atoms with Gasteiger partial charge in [0.05, 0.1) is 42.1 Å². The number of aryl methyl sites for hydroxylation is 1. The number of benzene rings is 1. The standard InChI is InChI=1S/C44H70N6O9/c1-13-35-44(9)38(50(42(54)59-44)20-15-14-19-49-24-33(46-47-49)31-17-16-18-32(45)22-31)28(5)36(51)25(2)23-43(8,55-12)39(29(6)37(52)30(7)40(53)57-35)58-41-27(4)34(48(10)11)21-26(3)56-41/h16-18,22,24-30,34-35,37-39,41,52H,13-15,19-21,23,45H2,1-12H3/t25-,26-,27-,28+,29+,30-,34+,35-,37+,38+,39-,41+,43+,44-/m1/s1. The molecule has 2 aromatic rings. The van der Waals surface area contributed by atoms with E-state index in [9.17, 15) is 19.5 Å². The van der Waals surface area contributed by atoms with Gasteiger partial charge in [0.15, 0.2) is 11.9 Å². The number of methoxy groups -OCH3 is 1. The fourth-order valence-corrected chi connectivity index (χ4v) is 9.98. The molecule has 1 amide bonds. The number of nitrogen functional groups attached to an aromatic ring is 1. The molecule has 0 bridgehead atoms.